The Morgan fingerprint density at radius 3 is 1.65 bits per heavy atom. The second-order valence-corrected chi connectivity index (χ2v) is 14.9. The smallest absolute Gasteiger partial charge is 0.407 e. The molecule has 2 saturated heterocycles. The summed E-state index contributed by atoms with van der Waals surface area (Å²) in [6, 6.07) is 18.4. The predicted molar refractivity (Wildman–Crippen MR) is 191 cm³/mol. The Kier molecular flexibility index (Phi) is 12.4. The van der Waals surface area contributed by atoms with Gasteiger partial charge < -0.3 is 53.6 Å². The molecule has 0 unspecified atom stereocenters. The first kappa shape index (κ1) is 38.5. The summed E-state index contributed by atoms with van der Waals surface area (Å²) in [5, 5.41) is 16.0. The SMILES string of the molecule is CCOC(=O)CO[C@H]1C[C@@H](NC(=O)OCc2ccccc2)[C@@H]2OC3(CCCC3)O[C@@H]21.O=C(N[C@@H]1C[C@H](O)[C@H]2OC3(CCCC3)O[C@H]21)OCc1ccccc1. The van der Waals surface area contributed by atoms with E-state index in [1.54, 1.807) is 6.92 Å². The Hall–Kier alpha value is -3.79. The predicted octanol–water partition coefficient (Wildman–Crippen LogP) is 4.79. The maximum absolute atomic E-state index is 12.4. The van der Waals surface area contributed by atoms with Crippen molar-refractivity contribution in [1.82, 2.24) is 10.6 Å². The maximum Gasteiger partial charge on any atom is 0.407 e. The summed E-state index contributed by atoms with van der Waals surface area (Å²) in [4.78, 5) is 36.2. The highest BCUT2D eigenvalue weighted by atomic mass is 16.8. The van der Waals surface area contributed by atoms with E-state index in [4.69, 9.17) is 37.9 Å². The first-order valence-corrected chi connectivity index (χ1v) is 19.3. The van der Waals surface area contributed by atoms with Gasteiger partial charge in [0.05, 0.1) is 30.9 Å². The number of amides is 2. The molecule has 2 heterocycles. The van der Waals surface area contributed by atoms with Gasteiger partial charge in [-0.3, -0.25) is 0 Å². The second-order valence-electron chi connectivity index (χ2n) is 14.9. The number of fused-ring (bicyclic) bond motifs is 2. The van der Waals surface area contributed by atoms with Crippen LogP contribution in [0.4, 0.5) is 9.59 Å². The Bertz CT molecular complexity index is 1550. The van der Waals surface area contributed by atoms with Crippen molar-refractivity contribution in [2.75, 3.05) is 13.2 Å². The number of ether oxygens (including phenoxy) is 8. The Labute approximate surface area is 315 Å². The third kappa shape index (κ3) is 9.18. The summed E-state index contributed by atoms with van der Waals surface area (Å²) in [5.41, 5.74) is 1.85. The van der Waals surface area contributed by atoms with Crippen LogP contribution in [0.15, 0.2) is 60.7 Å². The van der Waals surface area contributed by atoms with Gasteiger partial charge in [0.2, 0.25) is 0 Å². The standard InChI is InChI=1S/C22H29NO7.C18H23NO5/c1-2-26-18(24)14-27-17-12-16(19-20(17)30-22(29-19)10-6-7-11-22)23-21(25)28-13-15-8-4-3-5-9-15;20-14-10-13(15-16(14)24-18(23-15)8-4-5-9-18)19-17(21)22-11-12-6-2-1-3-7-12/h3-5,8-9,16-17,19-20H,2,6-7,10-14H2,1H3,(H,23,25);1-3,6-7,13-16,20H,4-5,8-11H2,(H,19,21)/t16-,17+,19+,20-;13-,14+,15+,16-/m11/s1. The lowest BCUT2D eigenvalue weighted by molar-refractivity contribution is -0.189. The number of carbonyl (C=O) groups excluding carboxylic acids is 3. The average molecular weight is 753 g/mol. The van der Waals surface area contributed by atoms with Crippen LogP contribution < -0.4 is 10.6 Å². The van der Waals surface area contributed by atoms with E-state index >= 15 is 0 Å². The van der Waals surface area contributed by atoms with E-state index in [1.807, 2.05) is 60.7 Å². The normalized spacial score (nSPS) is 31.0. The highest BCUT2D eigenvalue weighted by molar-refractivity contribution is 5.70. The van der Waals surface area contributed by atoms with Gasteiger partial charge >= 0.3 is 18.2 Å². The Morgan fingerprint density at radius 2 is 1.13 bits per heavy atom. The Balaban J connectivity index is 0.000000171. The molecule has 14 nitrogen and oxygen atoms in total. The van der Waals surface area contributed by atoms with E-state index < -0.39 is 35.8 Å². The van der Waals surface area contributed by atoms with Crippen LogP contribution >= 0.6 is 0 Å². The van der Waals surface area contributed by atoms with Crippen LogP contribution in [-0.4, -0.2) is 96.8 Å². The minimum Gasteiger partial charge on any atom is -0.464 e. The molecule has 4 saturated carbocycles. The summed E-state index contributed by atoms with van der Waals surface area (Å²) in [5.74, 6) is -1.57. The molecule has 6 aliphatic rings. The zero-order valence-electron chi connectivity index (χ0n) is 30.7. The van der Waals surface area contributed by atoms with Gasteiger partial charge in [0.25, 0.3) is 0 Å². The fourth-order valence-electron chi connectivity index (χ4n) is 8.52. The summed E-state index contributed by atoms with van der Waals surface area (Å²) < 4.78 is 46.1. The van der Waals surface area contributed by atoms with E-state index in [-0.39, 0.29) is 62.4 Å². The molecule has 8 atom stereocenters. The van der Waals surface area contributed by atoms with Gasteiger partial charge in [-0.15, -0.1) is 0 Å². The van der Waals surface area contributed by atoms with Crippen LogP contribution in [0.5, 0.6) is 0 Å². The van der Waals surface area contributed by atoms with Crippen molar-refractivity contribution in [3.05, 3.63) is 71.8 Å². The number of nitrogens with one attached hydrogen (secondary N) is 2. The molecule has 4 aliphatic carbocycles. The minimum atomic E-state index is -0.616. The molecule has 2 spiro atoms. The topological polar surface area (TPSA) is 169 Å². The van der Waals surface area contributed by atoms with Crippen molar-refractivity contribution in [3.8, 4) is 0 Å². The quantitative estimate of drug-likeness (QED) is 0.225. The van der Waals surface area contributed by atoms with E-state index in [2.05, 4.69) is 10.6 Å². The third-order valence-corrected chi connectivity index (χ3v) is 11.1. The van der Waals surface area contributed by atoms with Crippen LogP contribution in [0.3, 0.4) is 0 Å². The van der Waals surface area contributed by atoms with Gasteiger partial charge in [-0.05, 0) is 56.6 Å². The first-order valence-electron chi connectivity index (χ1n) is 19.3. The van der Waals surface area contributed by atoms with Crippen molar-refractivity contribution < 1.29 is 57.4 Å². The van der Waals surface area contributed by atoms with E-state index in [0.29, 0.717) is 19.4 Å². The summed E-state index contributed by atoms with van der Waals surface area (Å²) in [6.45, 7) is 2.32. The lowest BCUT2D eigenvalue weighted by atomic mass is 10.2. The molecule has 14 heteroatoms. The summed E-state index contributed by atoms with van der Waals surface area (Å²) in [6.07, 6.45) is 5.21. The zero-order valence-corrected chi connectivity index (χ0v) is 30.7. The maximum atomic E-state index is 12.4. The monoisotopic (exact) mass is 752 g/mol. The van der Waals surface area contributed by atoms with Gasteiger partial charge in [0, 0.05) is 25.7 Å². The van der Waals surface area contributed by atoms with Crippen LogP contribution in [0.2, 0.25) is 0 Å². The van der Waals surface area contributed by atoms with Gasteiger partial charge in [0.15, 0.2) is 11.6 Å². The molecular formula is C40H52N2O12. The lowest BCUT2D eigenvalue weighted by Crippen LogP contribution is -2.43. The number of benzene rings is 2. The van der Waals surface area contributed by atoms with Crippen molar-refractivity contribution in [3.63, 3.8) is 0 Å². The fraction of sp³-hybridized carbons (Fsp3) is 0.625. The number of aliphatic hydroxyl groups is 1. The van der Waals surface area contributed by atoms with Gasteiger partial charge in [0.1, 0.15) is 44.2 Å². The van der Waals surface area contributed by atoms with E-state index in [9.17, 15) is 19.5 Å². The van der Waals surface area contributed by atoms with Crippen LogP contribution in [0, 0.1) is 0 Å². The molecule has 2 aromatic rings. The zero-order chi connectivity index (χ0) is 37.5. The lowest BCUT2D eigenvalue weighted by Gasteiger charge is -2.26. The molecule has 2 aromatic carbocycles. The number of rotatable bonds is 10. The summed E-state index contributed by atoms with van der Waals surface area (Å²) in [7, 11) is 0. The Morgan fingerprint density at radius 1 is 0.667 bits per heavy atom. The average Bonchev–Trinajstić information content (AvgIpc) is 4.05. The number of aliphatic hydroxyl groups excluding tert-OH is 1. The molecular weight excluding hydrogens is 700 g/mol. The number of esters is 1. The molecule has 0 radical (unpaired) electrons. The first-order chi connectivity index (χ1) is 26.2. The number of hydrogen-bond acceptors (Lipinski definition) is 12. The molecule has 294 valence electrons. The molecule has 3 N–H and O–H groups in total. The molecule has 0 bridgehead atoms. The number of alkyl carbamates (subject to hydrolysis) is 2. The van der Waals surface area contributed by atoms with Gasteiger partial charge in [-0.25, -0.2) is 14.4 Å². The molecule has 2 amide bonds. The largest absolute Gasteiger partial charge is 0.464 e. The van der Waals surface area contributed by atoms with Crippen LogP contribution in [0.25, 0.3) is 0 Å². The van der Waals surface area contributed by atoms with Crippen molar-refractivity contribution in [2.45, 2.75) is 145 Å². The molecule has 6 fully saturated rings. The van der Waals surface area contributed by atoms with Crippen molar-refractivity contribution >= 4 is 18.2 Å². The van der Waals surface area contributed by atoms with Crippen LogP contribution in [-0.2, 0) is 55.9 Å². The van der Waals surface area contributed by atoms with E-state index in [1.165, 1.54) is 0 Å². The van der Waals surface area contributed by atoms with Crippen molar-refractivity contribution in [2.24, 2.45) is 0 Å². The van der Waals surface area contributed by atoms with Crippen molar-refractivity contribution in [1.29, 1.82) is 0 Å². The minimum absolute atomic E-state index is 0.150. The highest BCUT2D eigenvalue weighted by Gasteiger charge is 2.59. The number of carbonyl (C=O) groups is 3. The molecule has 54 heavy (non-hydrogen) atoms. The molecule has 0 aromatic heterocycles. The second kappa shape index (κ2) is 17.3. The van der Waals surface area contributed by atoms with Gasteiger partial charge in [-0.1, -0.05) is 60.7 Å². The van der Waals surface area contributed by atoms with Crippen LogP contribution in [0.1, 0.15) is 82.3 Å². The highest BCUT2D eigenvalue weighted by Crippen LogP contribution is 2.48. The molecule has 8 rings (SSSR count). The molecule has 2 aliphatic heterocycles. The number of hydrogen-bond donors (Lipinski definition) is 3. The third-order valence-electron chi connectivity index (χ3n) is 11.1. The van der Waals surface area contributed by atoms with E-state index in [0.717, 1.165) is 62.5 Å². The summed E-state index contributed by atoms with van der Waals surface area (Å²) >= 11 is 0. The fourth-order valence-corrected chi connectivity index (χ4v) is 8.52. The van der Waals surface area contributed by atoms with Gasteiger partial charge in [-0.2, -0.15) is 0 Å².